The minimum absolute atomic E-state index is 0.166. The minimum atomic E-state index is 0.166. The van der Waals surface area contributed by atoms with Gasteiger partial charge in [0, 0.05) is 28.2 Å². The monoisotopic (exact) mass is 354 g/mol. The summed E-state index contributed by atoms with van der Waals surface area (Å²) in [5, 5.41) is 5.74. The molecule has 4 heteroatoms. The van der Waals surface area contributed by atoms with Crippen molar-refractivity contribution in [3.63, 3.8) is 0 Å². The predicted molar refractivity (Wildman–Crippen MR) is 104 cm³/mol. The second-order valence-electron chi connectivity index (χ2n) is 6.90. The van der Waals surface area contributed by atoms with Crippen molar-refractivity contribution in [2.24, 2.45) is 0 Å². The third-order valence-corrected chi connectivity index (χ3v) is 5.77. The van der Waals surface area contributed by atoms with Crippen LogP contribution in [0.15, 0.2) is 24.3 Å². The van der Waals surface area contributed by atoms with Crippen LogP contribution in [0, 0.1) is 20.8 Å². The van der Waals surface area contributed by atoms with Gasteiger partial charge in [-0.05, 0) is 79.3 Å². The fourth-order valence-corrected chi connectivity index (χ4v) is 4.34. The zero-order valence-corrected chi connectivity index (χ0v) is 15.8. The van der Waals surface area contributed by atoms with Crippen molar-refractivity contribution >= 4 is 22.5 Å². The first-order valence-electron chi connectivity index (χ1n) is 8.69. The molecule has 1 unspecified atom stereocenters. The maximum atomic E-state index is 6.23. The summed E-state index contributed by atoms with van der Waals surface area (Å²) in [5.41, 5.74) is 8.89. The fourth-order valence-electron chi connectivity index (χ4n) is 4.17. The molecule has 0 fully saturated rings. The molecule has 2 N–H and O–H groups in total. The summed E-state index contributed by atoms with van der Waals surface area (Å²) < 4.78 is 5.54. The molecule has 2 heterocycles. The van der Waals surface area contributed by atoms with Gasteiger partial charge in [-0.15, -0.1) is 0 Å². The van der Waals surface area contributed by atoms with E-state index in [-0.39, 0.29) is 6.04 Å². The molecule has 25 heavy (non-hydrogen) atoms. The standard InChI is InChI=1S/C21H23ClN2O/c1-11-9-18(25-4)12(2)13(3)19(11)21-20-15(7-8-23-21)16-10-14(22)5-6-17(16)24-20/h5-6,9-10,21,23-24H,7-8H2,1-4H3. The average molecular weight is 355 g/mol. The lowest BCUT2D eigenvalue weighted by molar-refractivity contribution is 0.410. The van der Waals surface area contributed by atoms with Gasteiger partial charge in [-0.3, -0.25) is 0 Å². The first-order valence-corrected chi connectivity index (χ1v) is 9.07. The lowest BCUT2D eigenvalue weighted by Crippen LogP contribution is -2.31. The number of hydrogen-bond acceptors (Lipinski definition) is 2. The molecule has 3 aromatic rings. The molecule has 3 nitrogen and oxygen atoms in total. The molecule has 0 amide bonds. The van der Waals surface area contributed by atoms with E-state index in [4.69, 9.17) is 16.3 Å². The number of aromatic nitrogens is 1. The van der Waals surface area contributed by atoms with Crippen molar-refractivity contribution in [3.8, 4) is 5.75 Å². The Morgan fingerprint density at radius 1 is 1.12 bits per heavy atom. The summed E-state index contributed by atoms with van der Waals surface area (Å²) in [6.07, 6.45) is 1.01. The minimum Gasteiger partial charge on any atom is -0.496 e. The zero-order chi connectivity index (χ0) is 17.7. The summed E-state index contributed by atoms with van der Waals surface area (Å²) in [7, 11) is 1.74. The maximum Gasteiger partial charge on any atom is 0.122 e. The van der Waals surface area contributed by atoms with E-state index < -0.39 is 0 Å². The van der Waals surface area contributed by atoms with Crippen LogP contribution < -0.4 is 10.1 Å². The molecule has 2 aromatic carbocycles. The Kier molecular flexibility index (Phi) is 4.01. The Morgan fingerprint density at radius 3 is 2.68 bits per heavy atom. The van der Waals surface area contributed by atoms with Crippen molar-refractivity contribution in [3.05, 3.63) is 62.8 Å². The molecule has 4 rings (SSSR count). The summed E-state index contributed by atoms with van der Waals surface area (Å²) in [5.74, 6) is 0.957. The highest BCUT2D eigenvalue weighted by Crippen LogP contribution is 2.39. The second-order valence-corrected chi connectivity index (χ2v) is 7.34. The number of ether oxygens (including phenoxy) is 1. The van der Waals surface area contributed by atoms with Crippen LogP contribution in [0.1, 0.15) is 39.6 Å². The van der Waals surface area contributed by atoms with E-state index in [9.17, 15) is 0 Å². The quantitative estimate of drug-likeness (QED) is 0.680. The molecule has 0 saturated heterocycles. The molecule has 0 spiro atoms. The fraction of sp³-hybridized carbons (Fsp3) is 0.333. The van der Waals surface area contributed by atoms with E-state index in [0.29, 0.717) is 0 Å². The lowest BCUT2D eigenvalue weighted by atomic mass is 9.87. The topological polar surface area (TPSA) is 37.0 Å². The van der Waals surface area contributed by atoms with Crippen LogP contribution in [0.5, 0.6) is 5.75 Å². The number of nitrogens with one attached hydrogen (secondary N) is 2. The number of benzene rings is 2. The number of hydrogen-bond donors (Lipinski definition) is 2. The highest BCUT2D eigenvalue weighted by molar-refractivity contribution is 6.31. The number of H-pyrrole nitrogens is 1. The van der Waals surface area contributed by atoms with Crippen LogP contribution in [-0.2, 0) is 6.42 Å². The zero-order valence-electron chi connectivity index (χ0n) is 15.1. The van der Waals surface area contributed by atoms with Gasteiger partial charge in [-0.25, -0.2) is 0 Å². The molecule has 1 aromatic heterocycles. The van der Waals surface area contributed by atoms with Crippen LogP contribution >= 0.6 is 11.6 Å². The van der Waals surface area contributed by atoms with Crippen molar-refractivity contribution in [1.82, 2.24) is 10.3 Å². The molecule has 0 radical (unpaired) electrons. The summed E-state index contributed by atoms with van der Waals surface area (Å²) in [6, 6.07) is 8.41. The van der Waals surface area contributed by atoms with Gasteiger partial charge in [0.15, 0.2) is 0 Å². The molecule has 0 aliphatic carbocycles. The van der Waals surface area contributed by atoms with Gasteiger partial charge in [-0.1, -0.05) is 11.6 Å². The SMILES string of the molecule is COc1cc(C)c(C2NCCc3c2[nH]c2ccc(Cl)cc32)c(C)c1C. The number of rotatable bonds is 2. The normalized spacial score (nSPS) is 16.9. The lowest BCUT2D eigenvalue weighted by Gasteiger charge is -2.29. The highest BCUT2D eigenvalue weighted by atomic mass is 35.5. The average Bonchev–Trinajstić information content (AvgIpc) is 2.97. The number of aryl methyl sites for hydroxylation is 1. The number of aromatic amines is 1. The Morgan fingerprint density at radius 2 is 1.92 bits per heavy atom. The van der Waals surface area contributed by atoms with Crippen LogP contribution in [-0.4, -0.2) is 18.6 Å². The largest absolute Gasteiger partial charge is 0.496 e. The van der Waals surface area contributed by atoms with E-state index >= 15 is 0 Å². The van der Waals surface area contributed by atoms with Crippen LogP contribution in [0.2, 0.25) is 5.02 Å². The molecule has 1 aliphatic heterocycles. The molecular weight excluding hydrogens is 332 g/mol. The molecule has 0 bridgehead atoms. The smallest absolute Gasteiger partial charge is 0.122 e. The molecule has 0 saturated carbocycles. The van der Waals surface area contributed by atoms with Crippen molar-refractivity contribution in [2.45, 2.75) is 33.2 Å². The molecule has 1 aliphatic rings. The second kappa shape index (κ2) is 6.08. The van der Waals surface area contributed by atoms with Gasteiger partial charge in [0.1, 0.15) is 5.75 Å². The van der Waals surface area contributed by atoms with E-state index in [1.54, 1.807) is 7.11 Å². The first kappa shape index (κ1) is 16.5. The molecule has 1 atom stereocenters. The molecule has 130 valence electrons. The predicted octanol–water partition coefficient (Wildman–Crippen LogP) is 4.99. The van der Waals surface area contributed by atoms with Gasteiger partial charge in [0.25, 0.3) is 0 Å². The highest BCUT2D eigenvalue weighted by Gasteiger charge is 2.28. The Hall–Kier alpha value is -1.97. The number of methoxy groups -OCH3 is 1. The van der Waals surface area contributed by atoms with Crippen LogP contribution in [0.3, 0.4) is 0 Å². The van der Waals surface area contributed by atoms with Crippen molar-refractivity contribution in [1.29, 1.82) is 0 Å². The van der Waals surface area contributed by atoms with Crippen LogP contribution in [0.25, 0.3) is 10.9 Å². The summed E-state index contributed by atoms with van der Waals surface area (Å²) in [6.45, 7) is 7.45. The van der Waals surface area contributed by atoms with Gasteiger partial charge < -0.3 is 15.0 Å². The number of halogens is 1. The van der Waals surface area contributed by atoms with Crippen molar-refractivity contribution < 1.29 is 4.74 Å². The van der Waals surface area contributed by atoms with Crippen LogP contribution in [0.4, 0.5) is 0 Å². The van der Waals surface area contributed by atoms with E-state index in [1.165, 1.54) is 38.9 Å². The van der Waals surface area contributed by atoms with E-state index in [0.717, 1.165) is 29.3 Å². The number of fused-ring (bicyclic) bond motifs is 3. The third-order valence-electron chi connectivity index (χ3n) is 5.53. The van der Waals surface area contributed by atoms with E-state index in [2.05, 4.69) is 49.3 Å². The third kappa shape index (κ3) is 2.54. The summed E-state index contributed by atoms with van der Waals surface area (Å²) >= 11 is 6.23. The van der Waals surface area contributed by atoms with Gasteiger partial charge in [0.2, 0.25) is 0 Å². The first-order chi connectivity index (χ1) is 12.0. The van der Waals surface area contributed by atoms with Gasteiger partial charge >= 0.3 is 0 Å². The van der Waals surface area contributed by atoms with Gasteiger partial charge in [0.05, 0.1) is 13.2 Å². The van der Waals surface area contributed by atoms with Gasteiger partial charge in [-0.2, -0.15) is 0 Å². The Bertz CT molecular complexity index is 974. The summed E-state index contributed by atoms with van der Waals surface area (Å²) in [4.78, 5) is 3.64. The maximum absolute atomic E-state index is 6.23. The molecular formula is C21H23ClN2O. The Balaban J connectivity index is 1.93. The van der Waals surface area contributed by atoms with Crippen molar-refractivity contribution in [2.75, 3.05) is 13.7 Å². The Labute approximate surface area is 153 Å². The van der Waals surface area contributed by atoms with E-state index in [1.807, 2.05) is 6.07 Å².